The molecule has 4 rings (SSSR count). The van der Waals surface area contributed by atoms with Crippen LogP contribution >= 0.6 is 0 Å². The maximum Gasteiger partial charge on any atom is 0.264 e. The molecule has 26 heavy (non-hydrogen) atoms. The Bertz CT molecular complexity index is 1170. The number of carbonyl (C=O) groups is 1. The van der Waals surface area contributed by atoms with Crippen LogP contribution in [-0.2, 0) is 18.4 Å². The van der Waals surface area contributed by atoms with Gasteiger partial charge < -0.3 is 9.88 Å². The second kappa shape index (κ2) is 6.14. The number of hydrogen-bond acceptors (Lipinski definition) is 4. The van der Waals surface area contributed by atoms with Crippen molar-refractivity contribution in [3.63, 3.8) is 0 Å². The second-order valence-electron chi connectivity index (χ2n) is 6.07. The average Bonchev–Trinajstić information content (AvgIpc) is 3.25. The molecule has 0 radical (unpaired) electrons. The van der Waals surface area contributed by atoms with Crippen molar-refractivity contribution in [1.82, 2.24) is 24.3 Å². The minimum atomic E-state index is -0.270. The Morgan fingerprint density at radius 3 is 2.96 bits per heavy atom. The van der Waals surface area contributed by atoms with E-state index in [1.807, 2.05) is 37.4 Å². The first-order valence-corrected chi connectivity index (χ1v) is 8.33. The van der Waals surface area contributed by atoms with Gasteiger partial charge in [-0.2, -0.15) is 5.10 Å². The normalized spacial score (nSPS) is 11.3. The van der Waals surface area contributed by atoms with Crippen LogP contribution in [0.25, 0.3) is 21.9 Å². The topological polar surface area (TPSA) is 88.8 Å². The van der Waals surface area contributed by atoms with E-state index in [9.17, 15) is 9.59 Å². The number of amides is 1. The first-order chi connectivity index (χ1) is 12.6. The molecule has 8 nitrogen and oxygen atoms in total. The van der Waals surface area contributed by atoms with Crippen molar-refractivity contribution in [2.24, 2.45) is 7.05 Å². The molecule has 0 saturated carbocycles. The van der Waals surface area contributed by atoms with Crippen molar-refractivity contribution in [2.45, 2.75) is 13.5 Å². The summed E-state index contributed by atoms with van der Waals surface area (Å²) < 4.78 is 2.86. The van der Waals surface area contributed by atoms with Crippen molar-refractivity contribution in [3.05, 3.63) is 53.3 Å². The number of aromatic nitrogens is 5. The molecule has 3 heterocycles. The standard InChI is InChI=1S/C18H18N6O2/c1-3-24(13-4-5-15-12(8-13)6-7-19-15)16(25)10-23-11-20-17-14(18(23)26)9-21-22(17)2/h4-9,11,19H,3,10H2,1-2H3. The molecule has 4 aromatic rings. The number of nitrogens with one attached hydrogen (secondary N) is 1. The number of anilines is 1. The van der Waals surface area contributed by atoms with Gasteiger partial charge in [-0.1, -0.05) is 0 Å². The van der Waals surface area contributed by atoms with Gasteiger partial charge in [0.05, 0.1) is 6.20 Å². The Kier molecular flexibility index (Phi) is 3.80. The molecule has 1 aromatic carbocycles. The Morgan fingerprint density at radius 2 is 2.15 bits per heavy atom. The summed E-state index contributed by atoms with van der Waals surface area (Å²) in [5.74, 6) is -0.172. The molecule has 132 valence electrons. The van der Waals surface area contributed by atoms with Gasteiger partial charge in [0.2, 0.25) is 5.91 Å². The molecule has 0 aliphatic rings. The molecule has 0 aliphatic carbocycles. The fourth-order valence-corrected chi connectivity index (χ4v) is 3.12. The minimum absolute atomic E-state index is 0.0737. The number of nitrogens with zero attached hydrogens (tertiary/aromatic N) is 5. The van der Waals surface area contributed by atoms with E-state index in [0.717, 1.165) is 16.6 Å². The van der Waals surface area contributed by atoms with Crippen LogP contribution in [0.1, 0.15) is 6.92 Å². The lowest BCUT2D eigenvalue weighted by Gasteiger charge is -2.21. The maximum atomic E-state index is 12.8. The number of fused-ring (bicyclic) bond motifs is 2. The third kappa shape index (κ3) is 2.55. The van der Waals surface area contributed by atoms with Crippen LogP contribution in [0.5, 0.6) is 0 Å². The van der Waals surface area contributed by atoms with Crippen LogP contribution in [0.4, 0.5) is 5.69 Å². The maximum absolute atomic E-state index is 12.8. The Hall–Kier alpha value is -3.42. The molecule has 0 aliphatic heterocycles. The van der Waals surface area contributed by atoms with Crippen LogP contribution in [-0.4, -0.2) is 36.8 Å². The van der Waals surface area contributed by atoms with Gasteiger partial charge in [0.1, 0.15) is 18.3 Å². The molecule has 0 unspecified atom stereocenters. The highest BCUT2D eigenvalue weighted by molar-refractivity contribution is 5.95. The second-order valence-corrected chi connectivity index (χ2v) is 6.07. The van der Waals surface area contributed by atoms with Gasteiger partial charge in [-0.25, -0.2) is 4.98 Å². The van der Waals surface area contributed by atoms with Crippen LogP contribution in [0, 0.1) is 0 Å². The van der Waals surface area contributed by atoms with Crippen molar-refractivity contribution in [2.75, 3.05) is 11.4 Å². The molecular weight excluding hydrogens is 332 g/mol. The first-order valence-electron chi connectivity index (χ1n) is 8.33. The predicted molar refractivity (Wildman–Crippen MR) is 99.1 cm³/mol. The van der Waals surface area contributed by atoms with Crippen molar-refractivity contribution >= 4 is 33.5 Å². The summed E-state index contributed by atoms with van der Waals surface area (Å²) in [4.78, 5) is 34.4. The number of rotatable bonds is 4. The number of carbonyl (C=O) groups excluding carboxylic acids is 1. The van der Waals surface area contributed by atoms with Gasteiger partial charge in [0, 0.05) is 36.4 Å². The van der Waals surface area contributed by atoms with E-state index in [0.29, 0.717) is 17.6 Å². The number of H-pyrrole nitrogens is 1. The quantitative estimate of drug-likeness (QED) is 0.606. The minimum Gasteiger partial charge on any atom is -0.361 e. The molecule has 1 amide bonds. The number of hydrogen-bond donors (Lipinski definition) is 1. The van der Waals surface area contributed by atoms with Crippen LogP contribution in [0.3, 0.4) is 0 Å². The van der Waals surface area contributed by atoms with E-state index in [1.165, 1.54) is 21.8 Å². The van der Waals surface area contributed by atoms with E-state index >= 15 is 0 Å². The van der Waals surface area contributed by atoms with Crippen LogP contribution < -0.4 is 10.5 Å². The molecule has 0 fully saturated rings. The van der Waals surface area contributed by atoms with E-state index in [4.69, 9.17) is 0 Å². The highest BCUT2D eigenvalue weighted by Gasteiger charge is 2.17. The predicted octanol–water partition coefficient (Wildman–Crippen LogP) is 1.66. The number of likely N-dealkylation sites (N-methyl/N-ethyl adjacent to an activating group) is 1. The average molecular weight is 350 g/mol. The van der Waals surface area contributed by atoms with Gasteiger partial charge in [0.15, 0.2) is 5.65 Å². The van der Waals surface area contributed by atoms with Crippen LogP contribution in [0.15, 0.2) is 47.8 Å². The zero-order valence-electron chi connectivity index (χ0n) is 14.5. The molecule has 0 saturated heterocycles. The zero-order chi connectivity index (χ0) is 18.3. The summed E-state index contributed by atoms with van der Waals surface area (Å²) in [6.45, 7) is 2.34. The van der Waals surface area contributed by atoms with E-state index < -0.39 is 0 Å². The lowest BCUT2D eigenvalue weighted by Crippen LogP contribution is -2.36. The highest BCUT2D eigenvalue weighted by atomic mass is 16.2. The SMILES string of the molecule is CCN(C(=O)Cn1cnc2c(cnn2C)c1=O)c1ccc2[nH]ccc2c1. The summed E-state index contributed by atoms with van der Waals surface area (Å²) >= 11 is 0. The Morgan fingerprint density at radius 1 is 1.31 bits per heavy atom. The van der Waals surface area contributed by atoms with Crippen LogP contribution in [0.2, 0.25) is 0 Å². The molecule has 0 bridgehead atoms. The Balaban J connectivity index is 1.65. The number of aryl methyl sites for hydroxylation is 1. The summed E-state index contributed by atoms with van der Waals surface area (Å²) in [7, 11) is 1.72. The molecule has 1 N–H and O–H groups in total. The van der Waals surface area contributed by atoms with Gasteiger partial charge >= 0.3 is 0 Å². The van der Waals surface area contributed by atoms with Gasteiger partial charge in [-0.05, 0) is 31.2 Å². The number of aromatic amines is 1. The lowest BCUT2D eigenvalue weighted by atomic mass is 10.2. The van der Waals surface area contributed by atoms with E-state index in [1.54, 1.807) is 11.9 Å². The monoisotopic (exact) mass is 350 g/mol. The zero-order valence-corrected chi connectivity index (χ0v) is 14.5. The van der Waals surface area contributed by atoms with Crippen molar-refractivity contribution in [3.8, 4) is 0 Å². The van der Waals surface area contributed by atoms with E-state index in [-0.39, 0.29) is 18.0 Å². The molecule has 8 heteroatoms. The highest BCUT2D eigenvalue weighted by Crippen LogP contribution is 2.21. The molecule has 3 aromatic heterocycles. The number of benzene rings is 1. The fraction of sp³-hybridized carbons (Fsp3) is 0.222. The fourth-order valence-electron chi connectivity index (χ4n) is 3.12. The lowest BCUT2D eigenvalue weighted by molar-refractivity contribution is -0.119. The van der Waals surface area contributed by atoms with Gasteiger partial charge in [-0.3, -0.25) is 18.8 Å². The molecular formula is C18H18N6O2. The summed E-state index contributed by atoms with van der Waals surface area (Å²) in [5.41, 5.74) is 2.05. The van der Waals surface area contributed by atoms with Crippen molar-refractivity contribution in [1.29, 1.82) is 0 Å². The van der Waals surface area contributed by atoms with Gasteiger partial charge in [0.25, 0.3) is 5.56 Å². The summed E-state index contributed by atoms with van der Waals surface area (Å²) in [6.07, 6.45) is 4.73. The largest absolute Gasteiger partial charge is 0.361 e. The first kappa shape index (κ1) is 16.1. The third-order valence-corrected chi connectivity index (χ3v) is 4.49. The van der Waals surface area contributed by atoms with Crippen molar-refractivity contribution < 1.29 is 4.79 Å². The molecule has 0 spiro atoms. The third-order valence-electron chi connectivity index (χ3n) is 4.49. The summed E-state index contributed by atoms with van der Waals surface area (Å²) in [6, 6.07) is 7.75. The Labute approximate surface area is 148 Å². The smallest absolute Gasteiger partial charge is 0.264 e. The van der Waals surface area contributed by atoms with Gasteiger partial charge in [-0.15, -0.1) is 0 Å². The molecule has 0 atom stereocenters. The summed E-state index contributed by atoms with van der Waals surface area (Å²) in [5, 5.41) is 5.48. The van der Waals surface area contributed by atoms with E-state index in [2.05, 4.69) is 15.1 Å².